The van der Waals surface area contributed by atoms with Crippen LogP contribution in [0.4, 0.5) is 5.69 Å². The van der Waals surface area contributed by atoms with Crippen molar-refractivity contribution in [2.75, 3.05) is 37.8 Å². The molecule has 5 nitrogen and oxygen atoms in total. The first-order valence-electron chi connectivity index (χ1n) is 7.71. The van der Waals surface area contributed by atoms with Crippen molar-refractivity contribution in [1.29, 1.82) is 0 Å². The molecule has 3 rings (SSSR count). The van der Waals surface area contributed by atoms with Crippen LogP contribution in [0.5, 0.6) is 0 Å². The molecule has 1 aliphatic rings. The van der Waals surface area contributed by atoms with E-state index in [0.717, 1.165) is 35.2 Å². The number of esters is 1. The van der Waals surface area contributed by atoms with Gasteiger partial charge in [0.15, 0.2) is 0 Å². The molecular formula is C17H19Cl2N2O3-. The topological polar surface area (TPSA) is 51.7 Å². The van der Waals surface area contributed by atoms with Crippen LogP contribution in [-0.4, -0.2) is 43.9 Å². The third-order valence-electron chi connectivity index (χ3n) is 4.02. The molecular weight excluding hydrogens is 351 g/mol. The fourth-order valence-corrected chi connectivity index (χ4v) is 3.01. The fourth-order valence-electron chi connectivity index (χ4n) is 2.85. The minimum atomic E-state index is -0.351. The van der Waals surface area contributed by atoms with Crippen molar-refractivity contribution in [3.05, 3.63) is 34.5 Å². The second kappa shape index (κ2) is 8.01. The standard InChI is InChI=1S/C17H19ClN2O3.ClH/c1-3-23-17(21)13-10-19-15-11(2)14(18)5-4-12(15)16(13)20-6-8-22-9-7-20;/h4-5,10H,3,6-9H2,1-2H3;1H/p-1. The van der Waals surface area contributed by atoms with Crippen molar-refractivity contribution in [3.63, 3.8) is 0 Å². The molecule has 24 heavy (non-hydrogen) atoms. The van der Waals surface area contributed by atoms with Crippen molar-refractivity contribution in [2.45, 2.75) is 13.8 Å². The number of anilines is 1. The summed E-state index contributed by atoms with van der Waals surface area (Å²) in [6, 6.07) is 3.77. The van der Waals surface area contributed by atoms with Gasteiger partial charge in [-0.3, -0.25) is 4.98 Å². The van der Waals surface area contributed by atoms with E-state index in [0.29, 0.717) is 30.4 Å². The van der Waals surface area contributed by atoms with Crippen LogP contribution >= 0.6 is 11.6 Å². The number of nitrogens with zero attached hydrogens (tertiary/aromatic N) is 2. The maximum absolute atomic E-state index is 12.4. The van der Waals surface area contributed by atoms with Gasteiger partial charge in [0, 0.05) is 29.7 Å². The van der Waals surface area contributed by atoms with E-state index in [1.165, 1.54) is 0 Å². The quantitative estimate of drug-likeness (QED) is 0.724. The molecule has 1 aromatic heterocycles. The summed E-state index contributed by atoms with van der Waals surface area (Å²) in [6.45, 7) is 6.80. The Morgan fingerprint density at radius 1 is 1.38 bits per heavy atom. The second-order valence-electron chi connectivity index (χ2n) is 5.41. The van der Waals surface area contributed by atoms with E-state index in [1.807, 2.05) is 19.1 Å². The lowest BCUT2D eigenvalue weighted by Crippen LogP contribution is -3.00. The number of hydrogen-bond acceptors (Lipinski definition) is 5. The highest BCUT2D eigenvalue weighted by Crippen LogP contribution is 2.34. The van der Waals surface area contributed by atoms with E-state index in [2.05, 4.69) is 9.88 Å². The molecule has 2 heterocycles. The largest absolute Gasteiger partial charge is 1.00 e. The number of carbonyl (C=O) groups is 1. The van der Waals surface area contributed by atoms with Crippen LogP contribution in [0.3, 0.4) is 0 Å². The van der Waals surface area contributed by atoms with Crippen LogP contribution < -0.4 is 17.3 Å². The Kier molecular flexibility index (Phi) is 6.27. The first kappa shape index (κ1) is 18.8. The third kappa shape index (κ3) is 3.43. The van der Waals surface area contributed by atoms with Crippen LogP contribution in [-0.2, 0) is 9.47 Å². The fraction of sp³-hybridized carbons (Fsp3) is 0.412. The third-order valence-corrected chi connectivity index (χ3v) is 4.43. The van der Waals surface area contributed by atoms with Gasteiger partial charge in [-0.05, 0) is 31.5 Å². The average Bonchev–Trinajstić information content (AvgIpc) is 2.58. The molecule has 0 aliphatic carbocycles. The summed E-state index contributed by atoms with van der Waals surface area (Å²) in [4.78, 5) is 19.0. The Hall–Kier alpha value is -1.56. The Bertz CT molecular complexity index is 746. The van der Waals surface area contributed by atoms with Gasteiger partial charge in [0.1, 0.15) is 5.56 Å². The number of pyridine rings is 1. The number of ether oxygens (including phenoxy) is 2. The lowest BCUT2D eigenvalue weighted by molar-refractivity contribution is -0.0000234. The first-order chi connectivity index (χ1) is 11.1. The zero-order chi connectivity index (χ0) is 16.4. The lowest BCUT2D eigenvalue weighted by Gasteiger charge is -2.31. The zero-order valence-electron chi connectivity index (χ0n) is 13.6. The Balaban J connectivity index is 0.00000208. The minimum absolute atomic E-state index is 0. The molecule has 1 saturated heterocycles. The van der Waals surface area contributed by atoms with Gasteiger partial charge in [-0.1, -0.05) is 11.6 Å². The van der Waals surface area contributed by atoms with Crippen LogP contribution in [0.25, 0.3) is 10.9 Å². The summed E-state index contributed by atoms with van der Waals surface area (Å²) >= 11 is 6.21. The number of fused-ring (bicyclic) bond motifs is 1. The summed E-state index contributed by atoms with van der Waals surface area (Å²) < 4.78 is 10.6. The molecule has 0 unspecified atom stereocenters. The molecule has 1 aliphatic heterocycles. The number of halogens is 2. The molecule has 0 spiro atoms. The number of aryl methyl sites for hydroxylation is 1. The number of morpholine rings is 1. The second-order valence-corrected chi connectivity index (χ2v) is 5.82. The number of hydrogen-bond donors (Lipinski definition) is 0. The van der Waals surface area contributed by atoms with Crippen LogP contribution in [0.1, 0.15) is 22.8 Å². The molecule has 130 valence electrons. The Morgan fingerprint density at radius 3 is 2.75 bits per heavy atom. The Morgan fingerprint density at radius 2 is 2.08 bits per heavy atom. The zero-order valence-corrected chi connectivity index (χ0v) is 15.2. The lowest BCUT2D eigenvalue weighted by atomic mass is 10.0. The first-order valence-corrected chi connectivity index (χ1v) is 8.09. The van der Waals surface area contributed by atoms with Gasteiger partial charge in [-0.25, -0.2) is 4.79 Å². The van der Waals surface area contributed by atoms with Gasteiger partial charge >= 0.3 is 5.97 Å². The van der Waals surface area contributed by atoms with Crippen molar-refractivity contribution < 1.29 is 26.7 Å². The van der Waals surface area contributed by atoms with E-state index >= 15 is 0 Å². The molecule has 0 N–H and O–H groups in total. The van der Waals surface area contributed by atoms with E-state index in [4.69, 9.17) is 21.1 Å². The highest BCUT2D eigenvalue weighted by Gasteiger charge is 2.23. The minimum Gasteiger partial charge on any atom is -1.00 e. The summed E-state index contributed by atoms with van der Waals surface area (Å²) in [7, 11) is 0. The van der Waals surface area contributed by atoms with E-state index in [-0.39, 0.29) is 18.4 Å². The molecule has 0 amide bonds. The number of benzene rings is 1. The summed E-state index contributed by atoms with van der Waals surface area (Å²) in [5, 5.41) is 1.58. The highest BCUT2D eigenvalue weighted by atomic mass is 35.5. The van der Waals surface area contributed by atoms with Crippen LogP contribution in [0.2, 0.25) is 5.02 Å². The maximum Gasteiger partial charge on any atom is 0.341 e. The summed E-state index contributed by atoms with van der Waals surface area (Å²) in [6.07, 6.45) is 1.59. The van der Waals surface area contributed by atoms with Crippen molar-refractivity contribution in [2.24, 2.45) is 0 Å². The molecule has 1 aromatic carbocycles. The predicted octanol–water partition coefficient (Wildman–Crippen LogP) is 0.214. The molecule has 2 aromatic rings. The van der Waals surface area contributed by atoms with Gasteiger partial charge < -0.3 is 26.8 Å². The smallest absolute Gasteiger partial charge is 0.341 e. The predicted molar refractivity (Wildman–Crippen MR) is 90.5 cm³/mol. The summed E-state index contributed by atoms with van der Waals surface area (Å²) in [5.74, 6) is -0.351. The summed E-state index contributed by atoms with van der Waals surface area (Å²) in [5.41, 5.74) is 3.07. The molecule has 0 radical (unpaired) electrons. The maximum atomic E-state index is 12.4. The van der Waals surface area contributed by atoms with Crippen molar-refractivity contribution >= 4 is 34.2 Å². The monoisotopic (exact) mass is 369 g/mol. The Labute approximate surface area is 152 Å². The normalized spacial score (nSPS) is 14.4. The van der Waals surface area contributed by atoms with Crippen LogP contribution in [0.15, 0.2) is 18.3 Å². The van der Waals surface area contributed by atoms with E-state index in [9.17, 15) is 4.79 Å². The number of carbonyl (C=O) groups excluding carboxylic acids is 1. The van der Waals surface area contributed by atoms with Gasteiger partial charge in [-0.2, -0.15) is 0 Å². The van der Waals surface area contributed by atoms with Gasteiger partial charge in [-0.15, -0.1) is 0 Å². The molecule has 0 bridgehead atoms. The van der Waals surface area contributed by atoms with Gasteiger partial charge in [0.25, 0.3) is 0 Å². The molecule has 0 saturated carbocycles. The van der Waals surface area contributed by atoms with Gasteiger partial charge in [0.2, 0.25) is 0 Å². The highest BCUT2D eigenvalue weighted by molar-refractivity contribution is 6.32. The van der Waals surface area contributed by atoms with E-state index in [1.54, 1.807) is 13.1 Å². The number of aromatic nitrogens is 1. The average molecular weight is 370 g/mol. The number of rotatable bonds is 3. The van der Waals surface area contributed by atoms with E-state index < -0.39 is 0 Å². The van der Waals surface area contributed by atoms with Crippen molar-refractivity contribution in [3.8, 4) is 0 Å². The van der Waals surface area contributed by atoms with Crippen LogP contribution in [0, 0.1) is 6.92 Å². The van der Waals surface area contributed by atoms with Crippen molar-refractivity contribution in [1.82, 2.24) is 4.98 Å². The molecule has 0 atom stereocenters. The SMILES string of the molecule is CCOC(=O)c1cnc2c(C)c(Cl)ccc2c1N1CCOCC1.[Cl-]. The molecule has 1 fully saturated rings. The molecule has 7 heteroatoms. The van der Waals surface area contributed by atoms with Gasteiger partial charge in [0.05, 0.1) is 31.0 Å².